The van der Waals surface area contributed by atoms with Crippen LogP contribution in [0.1, 0.15) is 5.69 Å². The Morgan fingerprint density at radius 2 is 1.92 bits per heavy atom. The molecule has 130 valence electrons. The van der Waals surface area contributed by atoms with Gasteiger partial charge in [0.1, 0.15) is 17.7 Å². The monoisotopic (exact) mass is 378 g/mol. The SMILES string of the molecule is Cc1nc(NS(=O)(=O)c2ccccc2)sc1N=C([O-])Nn1cnnc1. The van der Waals surface area contributed by atoms with Crippen molar-refractivity contribution in [2.45, 2.75) is 11.8 Å². The fourth-order valence-electron chi connectivity index (χ4n) is 1.80. The Morgan fingerprint density at radius 1 is 1.24 bits per heavy atom. The Balaban J connectivity index is 1.78. The first-order chi connectivity index (χ1) is 11.9. The van der Waals surface area contributed by atoms with E-state index in [1.807, 2.05) is 0 Å². The minimum Gasteiger partial charge on any atom is -0.845 e. The molecule has 3 rings (SSSR count). The lowest BCUT2D eigenvalue weighted by Gasteiger charge is -2.12. The van der Waals surface area contributed by atoms with E-state index in [0.29, 0.717) is 5.69 Å². The molecule has 0 amide bonds. The van der Waals surface area contributed by atoms with Gasteiger partial charge < -0.3 is 5.11 Å². The number of rotatable bonds is 5. The molecule has 2 heterocycles. The minimum atomic E-state index is -3.75. The molecule has 3 aromatic rings. The summed E-state index contributed by atoms with van der Waals surface area (Å²) in [5.74, 6) is 0. The van der Waals surface area contributed by atoms with Crippen molar-refractivity contribution in [1.29, 1.82) is 0 Å². The van der Waals surface area contributed by atoms with Crippen LogP contribution < -0.4 is 15.3 Å². The maximum Gasteiger partial charge on any atom is 0.263 e. The number of benzene rings is 1. The molecule has 12 heteroatoms. The third-order valence-corrected chi connectivity index (χ3v) is 5.34. The van der Waals surface area contributed by atoms with Crippen LogP contribution in [0.2, 0.25) is 0 Å². The zero-order valence-corrected chi connectivity index (χ0v) is 14.5. The third kappa shape index (κ3) is 4.10. The fraction of sp³-hybridized carbons (Fsp3) is 0.0769. The van der Waals surface area contributed by atoms with Gasteiger partial charge in [-0.3, -0.25) is 10.1 Å². The number of aryl methyl sites for hydroxylation is 1. The number of amidine groups is 1. The second-order valence-corrected chi connectivity index (χ2v) is 7.39. The van der Waals surface area contributed by atoms with Crippen molar-refractivity contribution in [3.05, 3.63) is 48.7 Å². The van der Waals surface area contributed by atoms with Gasteiger partial charge in [0.25, 0.3) is 10.0 Å². The van der Waals surface area contributed by atoms with E-state index < -0.39 is 16.0 Å². The number of hydrogen-bond acceptors (Lipinski definition) is 8. The standard InChI is InChI=1S/C13H13N7O3S2/c1-9-11(17-12(21)18-20-7-14-15-8-20)24-13(16-9)19-25(22,23)10-5-3-2-4-6-10/h2-8H,1H3,(H,16,19)(H2,17,18,21)/p-1. The maximum atomic E-state index is 12.3. The summed E-state index contributed by atoms with van der Waals surface area (Å²) in [7, 11) is -3.75. The molecule has 0 spiro atoms. The molecule has 0 fully saturated rings. The van der Waals surface area contributed by atoms with Gasteiger partial charge in [0.05, 0.1) is 16.6 Å². The topological polar surface area (TPSA) is 137 Å². The first-order valence-corrected chi connectivity index (χ1v) is 9.17. The van der Waals surface area contributed by atoms with Gasteiger partial charge in [0.2, 0.25) is 0 Å². The zero-order valence-electron chi connectivity index (χ0n) is 12.8. The van der Waals surface area contributed by atoms with Crippen LogP contribution in [0.4, 0.5) is 10.1 Å². The molecule has 0 radical (unpaired) electrons. The van der Waals surface area contributed by atoms with E-state index >= 15 is 0 Å². The predicted octanol–water partition coefficient (Wildman–Crippen LogP) is 0.435. The Labute approximate surface area is 146 Å². The van der Waals surface area contributed by atoms with Gasteiger partial charge in [-0.2, -0.15) is 0 Å². The quantitative estimate of drug-likeness (QED) is 0.485. The lowest BCUT2D eigenvalue weighted by molar-refractivity contribution is -0.215. The van der Waals surface area contributed by atoms with E-state index in [1.54, 1.807) is 25.1 Å². The van der Waals surface area contributed by atoms with Crippen LogP contribution in [0.3, 0.4) is 0 Å². The number of hydrogen-bond donors (Lipinski definition) is 2. The number of anilines is 1. The smallest absolute Gasteiger partial charge is 0.263 e. The Kier molecular flexibility index (Phi) is 4.63. The van der Waals surface area contributed by atoms with E-state index in [0.717, 1.165) is 11.3 Å². The van der Waals surface area contributed by atoms with Crippen LogP contribution in [0, 0.1) is 6.92 Å². The number of sulfonamides is 1. The summed E-state index contributed by atoms with van der Waals surface area (Å²) in [6.45, 7) is 1.63. The summed E-state index contributed by atoms with van der Waals surface area (Å²) in [6, 6.07) is 7.25. The molecule has 0 aliphatic heterocycles. The highest BCUT2D eigenvalue weighted by molar-refractivity contribution is 7.93. The number of aliphatic imine (C=N–C) groups is 1. The summed E-state index contributed by atoms with van der Waals surface area (Å²) in [4.78, 5) is 8.06. The Bertz CT molecular complexity index is 982. The van der Waals surface area contributed by atoms with Gasteiger partial charge >= 0.3 is 0 Å². The van der Waals surface area contributed by atoms with E-state index in [9.17, 15) is 13.5 Å². The molecule has 10 nitrogen and oxygen atoms in total. The molecule has 2 N–H and O–H groups in total. The fourth-order valence-corrected chi connectivity index (χ4v) is 3.89. The lowest BCUT2D eigenvalue weighted by Crippen LogP contribution is -2.32. The number of nitrogens with one attached hydrogen (secondary N) is 2. The summed E-state index contributed by atoms with van der Waals surface area (Å²) in [6.07, 6.45) is 2.60. The number of aromatic nitrogens is 4. The lowest BCUT2D eigenvalue weighted by atomic mass is 10.4. The van der Waals surface area contributed by atoms with Crippen LogP contribution in [0.5, 0.6) is 0 Å². The van der Waals surface area contributed by atoms with Crippen molar-refractivity contribution in [2.24, 2.45) is 4.99 Å². The van der Waals surface area contributed by atoms with Crippen LogP contribution in [-0.2, 0) is 10.0 Å². The van der Waals surface area contributed by atoms with Crippen LogP contribution in [0.15, 0.2) is 52.9 Å². The van der Waals surface area contributed by atoms with E-state index in [2.05, 4.69) is 30.3 Å². The Hall–Kier alpha value is -2.99. The molecule has 0 atom stereocenters. The highest BCUT2D eigenvalue weighted by Crippen LogP contribution is 2.31. The number of thiazole rings is 1. The van der Waals surface area contributed by atoms with Crippen molar-refractivity contribution >= 4 is 37.5 Å². The molecular formula is C13H12N7O3S2-. The van der Waals surface area contributed by atoms with Crippen LogP contribution in [-0.4, -0.2) is 34.3 Å². The van der Waals surface area contributed by atoms with Gasteiger partial charge in [-0.05, 0) is 19.1 Å². The highest BCUT2D eigenvalue weighted by atomic mass is 32.2. The van der Waals surface area contributed by atoms with Crippen molar-refractivity contribution in [3.63, 3.8) is 0 Å². The van der Waals surface area contributed by atoms with Gasteiger partial charge in [-0.15, -0.1) is 10.2 Å². The van der Waals surface area contributed by atoms with Gasteiger partial charge in [0.15, 0.2) is 5.13 Å². The van der Waals surface area contributed by atoms with Gasteiger partial charge in [0, 0.05) is 0 Å². The highest BCUT2D eigenvalue weighted by Gasteiger charge is 2.17. The first kappa shape index (κ1) is 16.9. The average Bonchev–Trinajstić information content (AvgIpc) is 3.18. The molecule has 0 unspecified atom stereocenters. The first-order valence-electron chi connectivity index (χ1n) is 6.87. The summed E-state index contributed by atoms with van der Waals surface area (Å²) >= 11 is 0.953. The average molecular weight is 378 g/mol. The van der Waals surface area contributed by atoms with E-state index in [4.69, 9.17) is 0 Å². The summed E-state index contributed by atoms with van der Waals surface area (Å²) in [5.41, 5.74) is 2.83. The van der Waals surface area contributed by atoms with Crippen molar-refractivity contribution < 1.29 is 13.5 Å². The molecule has 1 aromatic carbocycles. The molecule has 0 aliphatic carbocycles. The zero-order chi connectivity index (χ0) is 17.9. The molecule has 0 saturated carbocycles. The van der Waals surface area contributed by atoms with E-state index in [1.165, 1.54) is 29.5 Å². The van der Waals surface area contributed by atoms with Crippen molar-refractivity contribution in [3.8, 4) is 0 Å². The maximum absolute atomic E-state index is 12.3. The second kappa shape index (κ2) is 6.86. The predicted molar refractivity (Wildman–Crippen MR) is 90.6 cm³/mol. The molecule has 25 heavy (non-hydrogen) atoms. The van der Waals surface area contributed by atoms with Crippen LogP contribution in [0.25, 0.3) is 0 Å². The van der Waals surface area contributed by atoms with Crippen molar-refractivity contribution in [2.75, 3.05) is 10.1 Å². The summed E-state index contributed by atoms with van der Waals surface area (Å²) in [5, 5.41) is 19.3. The molecular weight excluding hydrogens is 366 g/mol. The summed E-state index contributed by atoms with van der Waals surface area (Å²) < 4.78 is 28.2. The van der Waals surface area contributed by atoms with Gasteiger partial charge in [-0.25, -0.2) is 23.1 Å². The van der Waals surface area contributed by atoms with E-state index in [-0.39, 0.29) is 15.0 Å². The molecule has 0 bridgehead atoms. The normalized spacial score (nSPS) is 12.1. The second-order valence-electron chi connectivity index (χ2n) is 4.73. The van der Waals surface area contributed by atoms with Crippen molar-refractivity contribution in [1.82, 2.24) is 19.9 Å². The third-order valence-electron chi connectivity index (χ3n) is 2.89. The Morgan fingerprint density at radius 3 is 2.60 bits per heavy atom. The molecule has 2 aromatic heterocycles. The largest absolute Gasteiger partial charge is 0.845 e. The van der Waals surface area contributed by atoms with Crippen LogP contribution >= 0.6 is 11.3 Å². The molecule has 0 aliphatic rings. The molecule has 0 saturated heterocycles. The number of nitrogens with zero attached hydrogens (tertiary/aromatic N) is 5. The van der Waals surface area contributed by atoms with Gasteiger partial charge in [-0.1, -0.05) is 29.5 Å². The minimum absolute atomic E-state index is 0.117.